The molecule has 0 saturated carbocycles. The molecule has 0 atom stereocenters. The summed E-state index contributed by atoms with van der Waals surface area (Å²) in [6.07, 6.45) is 0. The zero-order valence-corrected chi connectivity index (χ0v) is 12.2. The number of nitrogens with one attached hydrogen (secondary N) is 1. The van der Waals surface area contributed by atoms with E-state index < -0.39 is 0 Å². The fraction of sp³-hybridized carbons (Fsp3) is 0.500. The van der Waals surface area contributed by atoms with Crippen LogP contribution >= 0.6 is 0 Å². The molecule has 0 aliphatic carbocycles. The lowest BCUT2D eigenvalue weighted by Gasteiger charge is -2.06. The van der Waals surface area contributed by atoms with E-state index in [2.05, 4.69) is 32.2 Å². The first-order valence-corrected chi connectivity index (χ1v) is 7.06. The van der Waals surface area contributed by atoms with Crippen molar-refractivity contribution < 1.29 is 9.15 Å². The number of para-hydroxylation sites is 1. The molecule has 0 unspecified atom stereocenters. The van der Waals surface area contributed by atoms with E-state index in [1.165, 1.54) is 10.9 Å². The Hall–Kier alpha value is -1.48. The largest absolute Gasteiger partial charge is 0.490 e. The number of ether oxygens (including phenoxy) is 1. The average molecular weight is 261 g/mol. The third-order valence-corrected chi connectivity index (χ3v) is 3.21. The first-order valence-electron chi connectivity index (χ1n) is 7.06. The molecule has 1 aromatic heterocycles. The standard InChI is InChI=1S/C16H23NO2/c1-5-17-10-14-15(11(3)4)12-8-7-9-13(18-6-2)16(12)19-14/h7-9,11,17H,5-6,10H2,1-4H3. The van der Waals surface area contributed by atoms with Gasteiger partial charge in [0.1, 0.15) is 5.76 Å². The van der Waals surface area contributed by atoms with Gasteiger partial charge in [-0.2, -0.15) is 0 Å². The average Bonchev–Trinajstić information content (AvgIpc) is 2.76. The summed E-state index contributed by atoms with van der Waals surface area (Å²) < 4.78 is 11.7. The summed E-state index contributed by atoms with van der Waals surface area (Å²) in [6.45, 7) is 10.9. The molecule has 19 heavy (non-hydrogen) atoms. The monoisotopic (exact) mass is 261 g/mol. The second kappa shape index (κ2) is 6.11. The number of fused-ring (bicyclic) bond motifs is 1. The lowest BCUT2D eigenvalue weighted by molar-refractivity contribution is 0.337. The van der Waals surface area contributed by atoms with Gasteiger partial charge in [-0.25, -0.2) is 0 Å². The predicted octanol–water partition coefficient (Wildman–Crippen LogP) is 4.06. The second-order valence-corrected chi connectivity index (χ2v) is 4.94. The van der Waals surface area contributed by atoms with Crippen LogP contribution in [0.15, 0.2) is 22.6 Å². The molecule has 0 aliphatic rings. The number of rotatable bonds is 6. The van der Waals surface area contributed by atoms with Crippen molar-refractivity contribution in [2.45, 2.75) is 40.2 Å². The minimum Gasteiger partial charge on any atom is -0.490 e. The molecule has 3 heteroatoms. The molecule has 0 amide bonds. The molecule has 2 rings (SSSR count). The van der Waals surface area contributed by atoms with Gasteiger partial charge in [-0.05, 0) is 25.5 Å². The molecule has 1 N–H and O–H groups in total. The van der Waals surface area contributed by atoms with E-state index >= 15 is 0 Å². The van der Waals surface area contributed by atoms with Crippen LogP contribution in [0.25, 0.3) is 11.0 Å². The van der Waals surface area contributed by atoms with Crippen LogP contribution in [0.3, 0.4) is 0 Å². The third kappa shape index (κ3) is 2.76. The molecular formula is C16H23NO2. The second-order valence-electron chi connectivity index (χ2n) is 4.94. The van der Waals surface area contributed by atoms with Crippen LogP contribution in [-0.2, 0) is 6.54 Å². The fourth-order valence-electron chi connectivity index (χ4n) is 2.43. The van der Waals surface area contributed by atoms with Crippen molar-refractivity contribution in [1.29, 1.82) is 0 Å². The topological polar surface area (TPSA) is 34.4 Å². The van der Waals surface area contributed by atoms with Gasteiger partial charge in [0.15, 0.2) is 11.3 Å². The van der Waals surface area contributed by atoms with Gasteiger partial charge in [0.2, 0.25) is 0 Å². The molecule has 1 heterocycles. The Labute approximate surface area is 114 Å². The Morgan fingerprint density at radius 3 is 2.68 bits per heavy atom. The normalized spacial score (nSPS) is 11.4. The number of furan rings is 1. The molecule has 0 radical (unpaired) electrons. The lowest BCUT2D eigenvalue weighted by Crippen LogP contribution is -2.12. The van der Waals surface area contributed by atoms with E-state index in [0.717, 1.165) is 30.2 Å². The van der Waals surface area contributed by atoms with Crippen molar-refractivity contribution in [3.05, 3.63) is 29.5 Å². The molecule has 2 aromatic rings. The van der Waals surface area contributed by atoms with Crippen LogP contribution in [0.2, 0.25) is 0 Å². The van der Waals surface area contributed by atoms with Gasteiger partial charge in [0.05, 0.1) is 13.2 Å². The molecule has 0 bridgehead atoms. The molecule has 0 aliphatic heterocycles. The minimum absolute atomic E-state index is 0.437. The van der Waals surface area contributed by atoms with Gasteiger partial charge in [-0.1, -0.05) is 32.9 Å². The third-order valence-electron chi connectivity index (χ3n) is 3.21. The summed E-state index contributed by atoms with van der Waals surface area (Å²) in [5.41, 5.74) is 2.17. The van der Waals surface area contributed by atoms with Gasteiger partial charge >= 0.3 is 0 Å². The molecule has 104 valence electrons. The summed E-state index contributed by atoms with van der Waals surface area (Å²) >= 11 is 0. The van der Waals surface area contributed by atoms with Crippen molar-refractivity contribution in [1.82, 2.24) is 5.32 Å². The van der Waals surface area contributed by atoms with Gasteiger partial charge < -0.3 is 14.5 Å². The molecule has 3 nitrogen and oxygen atoms in total. The quantitative estimate of drug-likeness (QED) is 0.851. The highest BCUT2D eigenvalue weighted by molar-refractivity contribution is 5.87. The maximum Gasteiger partial charge on any atom is 0.176 e. The number of hydrogen-bond acceptors (Lipinski definition) is 3. The van der Waals surface area contributed by atoms with E-state index in [1.54, 1.807) is 0 Å². The van der Waals surface area contributed by atoms with Gasteiger partial charge in [-0.3, -0.25) is 0 Å². The molecule has 0 saturated heterocycles. The Bertz CT molecular complexity index is 543. The summed E-state index contributed by atoms with van der Waals surface area (Å²) in [4.78, 5) is 0. The van der Waals surface area contributed by atoms with E-state index in [1.807, 2.05) is 19.1 Å². The number of benzene rings is 1. The summed E-state index contributed by atoms with van der Waals surface area (Å²) in [5, 5.41) is 4.51. The predicted molar refractivity (Wildman–Crippen MR) is 78.9 cm³/mol. The highest BCUT2D eigenvalue weighted by atomic mass is 16.5. The minimum atomic E-state index is 0.437. The van der Waals surface area contributed by atoms with E-state index in [9.17, 15) is 0 Å². The van der Waals surface area contributed by atoms with Gasteiger partial charge in [0.25, 0.3) is 0 Å². The Morgan fingerprint density at radius 2 is 2.05 bits per heavy atom. The van der Waals surface area contributed by atoms with Crippen molar-refractivity contribution in [3.63, 3.8) is 0 Å². The van der Waals surface area contributed by atoms with Crippen LogP contribution < -0.4 is 10.1 Å². The van der Waals surface area contributed by atoms with Crippen LogP contribution in [-0.4, -0.2) is 13.2 Å². The first kappa shape index (κ1) is 13.9. The van der Waals surface area contributed by atoms with E-state index in [4.69, 9.17) is 9.15 Å². The van der Waals surface area contributed by atoms with E-state index in [0.29, 0.717) is 12.5 Å². The van der Waals surface area contributed by atoms with Crippen LogP contribution in [0.5, 0.6) is 5.75 Å². The van der Waals surface area contributed by atoms with Crippen molar-refractivity contribution in [2.75, 3.05) is 13.2 Å². The maximum absolute atomic E-state index is 6.06. The van der Waals surface area contributed by atoms with Gasteiger partial charge in [-0.15, -0.1) is 0 Å². The highest BCUT2D eigenvalue weighted by Gasteiger charge is 2.18. The lowest BCUT2D eigenvalue weighted by atomic mass is 9.99. The zero-order valence-electron chi connectivity index (χ0n) is 12.2. The Kier molecular flexibility index (Phi) is 4.48. The molecular weight excluding hydrogens is 238 g/mol. The zero-order chi connectivity index (χ0) is 13.8. The van der Waals surface area contributed by atoms with Crippen LogP contribution in [0.1, 0.15) is 44.9 Å². The van der Waals surface area contributed by atoms with Crippen molar-refractivity contribution in [2.24, 2.45) is 0 Å². The van der Waals surface area contributed by atoms with Gasteiger partial charge in [0, 0.05) is 10.9 Å². The maximum atomic E-state index is 6.06. The summed E-state index contributed by atoms with van der Waals surface area (Å²) in [7, 11) is 0. The van der Waals surface area contributed by atoms with Crippen molar-refractivity contribution in [3.8, 4) is 5.75 Å². The first-order chi connectivity index (χ1) is 9.19. The molecule has 0 spiro atoms. The van der Waals surface area contributed by atoms with Crippen LogP contribution in [0.4, 0.5) is 0 Å². The summed E-state index contributed by atoms with van der Waals surface area (Å²) in [6, 6.07) is 6.12. The Morgan fingerprint density at radius 1 is 1.26 bits per heavy atom. The SMILES string of the molecule is CCNCc1oc2c(OCC)cccc2c1C(C)C. The molecule has 1 aromatic carbocycles. The fourth-order valence-corrected chi connectivity index (χ4v) is 2.43. The van der Waals surface area contributed by atoms with Crippen LogP contribution in [0, 0.1) is 0 Å². The smallest absolute Gasteiger partial charge is 0.176 e. The Balaban J connectivity index is 2.55. The van der Waals surface area contributed by atoms with Crippen molar-refractivity contribution >= 4 is 11.0 Å². The van der Waals surface area contributed by atoms with E-state index in [-0.39, 0.29) is 0 Å². The molecule has 0 fully saturated rings. The summed E-state index contributed by atoms with van der Waals surface area (Å²) in [5.74, 6) is 2.30. The highest BCUT2D eigenvalue weighted by Crippen LogP contribution is 2.36. The number of hydrogen-bond donors (Lipinski definition) is 1.